The highest BCUT2D eigenvalue weighted by Crippen LogP contribution is 2.25. The molecular weight excluding hydrogens is 531 g/mol. The van der Waals surface area contributed by atoms with Crippen molar-refractivity contribution in [3.05, 3.63) is 53.1 Å². The highest BCUT2D eigenvalue weighted by Gasteiger charge is 2.09. The van der Waals surface area contributed by atoms with E-state index in [9.17, 15) is 4.79 Å². The zero-order chi connectivity index (χ0) is 23.5. The molecule has 0 saturated carbocycles. The van der Waals surface area contributed by atoms with Crippen LogP contribution in [0.3, 0.4) is 0 Å². The summed E-state index contributed by atoms with van der Waals surface area (Å²) in [6.45, 7) is 9.77. The van der Waals surface area contributed by atoms with Gasteiger partial charge in [-0.2, -0.15) is 0 Å². The maximum atomic E-state index is 11.5. The first-order valence-corrected chi connectivity index (χ1v) is 10.9. The summed E-state index contributed by atoms with van der Waals surface area (Å²) < 4.78 is 11.4. The van der Waals surface area contributed by atoms with Gasteiger partial charge in [-0.15, -0.1) is 24.0 Å². The number of nitrogens with zero attached hydrogens (tertiary/aromatic N) is 1. The van der Waals surface area contributed by atoms with Crippen molar-refractivity contribution in [2.75, 3.05) is 26.1 Å². The summed E-state index contributed by atoms with van der Waals surface area (Å²) >= 11 is 0. The smallest absolute Gasteiger partial charge is 0.221 e. The summed E-state index contributed by atoms with van der Waals surface area (Å²) in [5.41, 5.74) is 3.89. The van der Waals surface area contributed by atoms with E-state index in [1.807, 2.05) is 18.2 Å². The molecule has 3 N–H and O–H groups in total. The standard InChI is InChI=1S/C25H36N4O3.HI/c1-17(2)11-12-32-24-13-18(3)7-9-21(24)16-28-25(26-5)27-15-20-8-10-23(31-6)22(14-20)29-19(4)30;/h7-10,13-14,17H,11-12,15-16H2,1-6H3,(H,29,30)(H2,26,27,28);1H. The Morgan fingerprint density at radius 2 is 1.79 bits per heavy atom. The van der Waals surface area contributed by atoms with Gasteiger partial charge in [0.1, 0.15) is 11.5 Å². The number of guanidine groups is 1. The molecule has 0 aliphatic carbocycles. The van der Waals surface area contributed by atoms with Crippen LogP contribution in [0.25, 0.3) is 0 Å². The van der Waals surface area contributed by atoms with Gasteiger partial charge in [-0.05, 0) is 48.6 Å². The zero-order valence-corrected chi connectivity index (χ0v) is 22.8. The maximum absolute atomic E-state index is 11.5. The molecular formula is C25H37IN4O3. The van der Waals surface area contributed by atoms with E-state index in [1.165, 1.54) is 12.5 Å². The molecule has 182 valence electrons. The van der Waals surface area contributed by atoms with Gasteiger partial charge < -0.3 is 25.4 Å². The lowest BCUT2D eigenvalue weighted by atomic mass is 10.1. The Kier molecular flexibility index (Phi) is 12.6. The number of hydrogen-bond donors (Lipinski definition) is 3. The summed E-state index contributed by atoms with van der Waals surface area (Å²) in [4.78, 5) is 15.8. The predicted octanol–water partition coefficient (Wildman–Crippen LogP) is 4.87. The first-order valence-electron chi connectivity index (χ1n) is 10.9. The molecule has 0 bridgehead atoms. The minimum Gasteiger partial charge on any atom is -0.495 e. The largest absolute Gasteiger partial charge is 0.495 e. The normalized spacial score (nSPS) is 10.9. The second kappa shape index (κ2) is 14.6. The number of aryl methyl sites for hydroxylation is 1. The van der Waals surface area contributed by atoms with Crippen molar-refractivity contribution in [2.24, 2.45) is 10.9 Å². The summed E-state index contributed by atoms with van der Waals surface area (Å²) in [5, 5.41) is 9.45. The van der Waals surface area contributed by atoms with Gasteiger partial charge in [0.25, 0.3) is 0 Å². The van der Waals surface area contributed by atoms with E-state index in [4.69, 9.17) is 9.47 Å². The lowest BCUT2D eigenvalue weighted by Crippen LogP contribution is -2.36. The molecule has 2 aromatic carbocycles. The van der Waals surface area contributed by atoms with E-state index < -0.39 is 0 Å². The van der Waals surface area contributed by atoms with Crippen LogP contribution < -0.4 is 25.4 Å². The number of methoxy groups -OCH3 is 1. The van der Waals surface area contributed by atoms with Gasteiger partial charge in [0.15, 0.2) is 5.96 Å². The number of nitrogens with one attached hydrogen (secondary N) is 3. The average Bonchev–Trinajstić information content (AvgIpc) is 2.74. The number of halogens is 1. The second-order valence-corrected chi connectivity index (χ2v) is 8.14. The predicted molar refractivity (Wildman–Crippen MR) is 146 cm³/mol. The van der Waals surface area contributed by atoms with Gasteiger partial charge in [0, 0.05) is 32.6 Å². The molecule has 8 heteroatoms. The van der Waals surface area contributed by atoms with Crippen LogP contribution in [-0.4, -0.2) is 32.6 Å². The first-order chi connectivity index (χ1) is 15.3. The topological polar surface area (TPSA) is 84.0 Å². The number of anilines is 1. The molecule has 0 aliphatic heterocycles. The molecule has 0 unspecified atom stereocenters. The van der Waals surface area contributed by atoms with Gasteiger partial charge in [-0.3, -0.25) is 9.79 Å². The number of aliphatic imine (C=N–C) groups is 1. The van der Waals surface area contributed by atoms with Gasteiger partial charge >= 0.3 is 0 Å². The Labute approximate surface area is 214 Å². The van der Waals surface area contributed by atoms with Crippen LogP contribution in [0, 0.1) is 12.8 Å². The van der Waals surface area contributed by atoms with E-state index in [0.717, 1.165) is 23.3 Å². The van der Waals surface area contributed by atoms with Crippen molar-refractivity contribution in [2.45, 2.75) is 47.2 Å². The summed E-state index contributed by atoms with van der Waals surface area (Å²) in [7, 11) is 3.32. The minimum atomic E-state index is -0.143. The molecule has 0 aromatic heterocycles. The molecule has 33 heavy (non-hydrogen) atoms. The van der Waals surface area contributed by atoms with Crippen molar-refractivity contribution < 1.29 is 14.3 Å². The van der Waals surface area contributed by atoms with Crippen molar-refractivity contribution in [3.8, 4) is 11.5 Å². The molecule has 1 amide bonds. The lowest BCUT2D eigenvalue weighted by Gasteiger charge is -2.16. The molecule has 0 spiro atoms. The molecule has 0 radical (unpaired) electrons. The van der Waals surface area contributed by atoms with Crippen LogP contribution in [0.15, 0.2) is 41.4 Å². The van der Waals surface area contributed by atoms with E-state index >= 15 is 0 Å². The molecule has 0 heterocycles. The van der Waals surface area contributed by atoms with Crippen LogP contribution in [0.4, 0.5) is 5.69 Å². The number of benzene rings is 2. The third-order valence-corrected chi connectivity index (χ3v) is 4.88. The number of rotatable bonds is 10. The van der Waals surface area contributed by atoms with Crippen LogP contribution in [0.2, 0.25) is 0 Å². The average molecular weight is 569 g/mol. The molecule has 2 rings (SSSR count). The molecule has 0 aliphatic rings. The third-order valence-electron chi connectivity index (χ3n) is 4.88. The van der Waals surface area contributed by atoms with Crippen LogP contribution in [0.5, 0.6) is 11.5 Å². The number of carbonyl (C=O) groups is 1. The highest BCUT2D eigenvalue weighted by molar-refractivity contribution is 14.0. The molecule has 0 atom stereocenters. The second-order valence-electron chi connectivity index (χ2n) is 8.14. The first kappa shape index (κ1) is 28.5. The van der Waals surface area contributed by atoms with Crippen molar-refractivity contribution >= 4 is 41.5 Å². The fourth-order valence-electron chi connectivity index (χ4n) is 3.08. The Morgan fingerprint density at radius 3 is 2.42 bits per heavy atom. The van der Waals surface area contributed by atoms with E-state index in [2.05, 4.69) is 59.9 Å². The molecule has 7 nitrogen and oxygen atoms in total. The Hall–Kier alpha value is -2.49. The van der Waals surface area contributed by atoms with Gasteiger partial charge in [0.05, 0.1) is 19.4 Å². The molecule has 2 aromatic rings. The molecule has 0 fully saturated rings. The number of ether oxygens (including phenoxy) is 2. The summed E-state index contributed by atoms with van der Waals surface area (Å²) in [6, 6.07) is 11.9. The quantitative estimate of drug-likeness (QED) is 0.217. The minimum absolute atomic E-state index is 0. The van der Waals surface area contributed by atoms with Crippen molar-refractivity contribution in [1.29, 1.82) is 0 Å². The maximum Gasteiger partial charge on any atom is 0.221 e. The Morgan fingerprint density at radius 1 is 1.06 bits per heavy atom. The van der Waals surface area contributed by atoms with Crippen LogP contribution >= 0.6 is 24.0 Å². The highest BCUT2D eigenvalue weighted by atomic mass is 127. The third kappa shape index (κ3) is 9.89. The monoisotopic (exact) mass is 568 g/mol. The molecule has 0 saturated heterocycles. The van der Waals surface area contributed by atoms with Gasteiger partial charge in [0.2, 0.25) is 5.91 Å². The van der Waals surface area contributed by atoms with E-state index in [-0.39, 0.29) is 29.9 Å². The van der Waals surface area contributed by atoms with Gasteiger partial charge in [-0.1, -0.05) is 32.0 Å². The van der Waals surface area contributed by atoms with Crippen LogP contribution in [0.1, 0.15) is 43.9 Å². The van der Waals surface area contributed by atoms with Crippen molar-refractivity contribution in [1.82, 2.24) is 10.6 Å². The summed E-state index contributed by atoms with van der Waals surface area (Å²) in [5.74, 6) is 2.67. The number of amides is 1. The van der Waals surface area contributed by atoms with Crippen molar-refractivity contribution in [3.63, 3.8) is 0 Å². The fourth-order valence-corrected chi connectivity index (χ4v) is 3.08. The lowest BCUT2D eigenvalue weighted by molar-refractivity contribution is -0.114. The zero-order valence-electron chi connectivity index (χ0n) is 20.5. The van der Waals surface area contributed by atoms with Gasteiger partial charge in [-0.25, -0.2) is 0 Å². The number of hydrogen-bond acceptors (Lipinski definition) is 4. The fraction of sp³-hybridized carbons (Fsp3) is 0.440. The Balaban J connectivity index is 0.00000544. The summed E-state index contributed by atoms with van der Waals surface area (Å²) in [6.07, 6.45) is 1.02. The van der Waals surface area contributed by atoms with E-state index in [1.54, 1.807) is 14.2 Å². The Bertz CT molecular complexity index is 932. The SMILES string of the molecule is CN=C(NCc1ccc(OC)c(NC(C)=O)c1)NCc1ccc(C)cc1OCCC(C)C.I. The van der Waals surface area contributed by atoms with E-state index in [0.29, 0.717) is 43.0 Å². The number of carbonyl (C=O) groups excluding carboxylic acids is 1. The van der Waals surface area contributed by atoms with Crippen LogP contribution in [-0.2, 0) is 17.9 Å².